The van der Waals surface area contributed by atoms with Crippen molar-refractivity contribution in [2.24, 2.45) is 17.8 Å². The van der Waals surface area contributed by atoms with Crippen molar-refractivity contribution in [3.63, 3.8) is 0 Å². The summed E-state index contributed by atoms with van der Waals surface area (Å²) < 4.78 is 11.3. The molecule has 0 unspecified atom stereocenters. The summed E-state index contributed by atoms with van der Waals surface area (Å²) in [6.07, 6.45) is 5.77. The lowest BCUT2D eigenvalue weighted by Crippen LogP contribution is -2.36. The van der Waals surface area contributed by atoms with E-state index in [2.05, 4.69) is 20.8 Å². The van der Waals surface area contributed by atoms with E-state index in [9.17, 15) is 0 Å². The molecule has 2 nitrogen and oxygen atoms in total. The van der Waals surface area contributed by atoms with Gasteiger partial charge >= 0.3 is 0 Å². The maximum atomic E-state index is 5.97. The number of hydrogen-bond donors (Lipinski definition) is 0. The van der Waals surface area contributed by atoms with Crippen LogP contribution in [0.2, 0.25) is 0 Å². The van der Waals surface area contributed by atoms with Gasteiger partial charge in [0.1, 0.15) is 6.10 Å². The van der Waals surface area contributed by atoms with Gasteiger partial charge in [0.2, 0.25) is 0 Å². The Hall–Kier alpha value is -0.920. The van der Waals surface area contributed by atoms with Gasteiger partial charge in [-0.1, -0.05) is 27.2 Å². The lowest BCUT2D eigenvalue weighted by atomic mass is 9.75. The molecule has 1 fully saturated rings. The smallest absolute Gasteiger partial charge is 0.284 e. The lowest BCUT2D eigenvalue weighted by Gasteiger charge is -2.36. The van der Waals surface area contributed by atoms with Gasteiger partial charge in [-0.25, -0.2) is 0 Å². The maximum Gasteiger partial charge on any atom is 0.284 e. The minimum Gasteiger partial charge on any atom is -0.462 e. The largest absolute Gasteiger partial charge is 0.462 e. The van der Waals surface area contributed by atoms with Gasteiger partial charge in [0.05, 0.1) is 6.26 Å². The Morgan fingerprint density at radius 2 is 2.19 bits per heavy atom. The van der Waals surface area contributed by atoms with Crippen LogP contribution >= 0.6 is 0 Å². The monoisotopic (exact) mass is 222 g/mol. The van der Waals surface area contributed by atoms with Crippen molar-refractivity contribution in [2.75, 3.05) is 0 Å². The zero-order valence-electron chi connectivity index (χ0n) is 10.5. The first-order valence-corrected chi connectivity index (χ1v) is 6.37. The van der Waals surface area contributed by atoms with E-state index in [1.54, 1.807) is 6.26 Å². The molecule has 1 saturated carbocycles. The van der Waals surface area contributed by atoms with E-state index in [1.165, 1.54) is 12.8 Å². The highest BCUT2D eigenvalue weighted by Crippen LogP contribution is 2.35. The topological polar surface area (TPSA) is 22.4 Å². The standard InChI is InChI=1S/C14H22O2/c1-10(2)12-7-6-11(3)9-13(12)16-14-5-4-8-15-14/h4-5,8,10-13H,6-7,9H2,1-3H3/t11-,12+,13-/m1/s1. The highest BCUT2D eigenvalue weighted by Gasteiger charge is 2.32. The Morgan fingerprint density at radius 3 is 2.81 bits per heavy atom. The fraction of sp³-hybridized carbons (Fsp3) is 0.714. The second kappa shape index (κ2) is 4.94. The van der Waals surface area contributed by atoms with Gasteiger partial charge in [0.15, 0.2) is 0 Å². The summed E-state index contributed by atoms with van der Waals surface area (Å²) in [7, 11) is 0. The molecule has 1 heterocycles. The Balaban J connectivity index is 2.02. The van der Waals surface area contributed by atoms with E-state index in [0.717, 1.165) is 12.3 Å². The molecule has 0 aliphatic heterocycles. The SMILES string of the molecule is CC(C)[C@@H]1CC[C@@H](C)C[C@H]1Oc1ccco1. The molecule has 0 bridgehead atoms. The van der Waals surface area contributed by atoms with E-state index in [1.807, 2.05) is 12.1 Å². The van der Waals surface area contributed by atoms with Gasteiger partial charge in [0, 0.05) is 6.07 Å². The lowest BCUT2D eigenvalue weighted by molar-refractivity contribution is 0.0288. The number of ether oxygens (including phenoxy) is 1. The third-order valence-electron chi connectivity index (χ3n) is 3.72. The molecule has 1 aliphatic carbocycles. The number of hydrogen-bond acceptors (Lipinski definition) is 2. The molecule has 1 aromatic rings. The molecular weight excluding hydrogens is 200 g/mol. The minimum absolute atomic E-state index is 0.329. The molecule has 0 saturated heterocycles. The van der Waals surface area contributed by atoms with Crippen LogP contribution in [0.3, 0.4) is 0 Å². The van der Waals surface area contributed by atoms with E-state index in [-0.39, 0.29) is 0 Å². The summed E-state index contributed by atoms with van der Waals surface area (Å²) in [5.41, 5.74) is 0. The van der Waals surface area contributed by atoms with E-state index in [0.29, 0.717) is 23.9 Å². The molecule has 0 amide bonds. The molecule has 2 rings (SSSR count). The fourth-order valence-electron chi connectivity index (χ4n) is 2.73. The van der Waals surface area contributed by atoms with Crippen molar-refractivity contribution in [2.45, 2.75) is 46.1 Å². The molecule has 0 aromatic carbocycles. The van der Waals surface area contributed by atoms with Gasteiger partial charge in [-0.3, -0.25) is 0 Å². The summed E-state index contributed by atoms with van der Waals surface area (Å²) in [5, 5.41) is 0. The zero-order valence-corrected chi connectivity index (χ0v) is 10.5. The Morgan fingerprint density at radius 1 is 1.38 bits per heavy atom. The molecule has 0 radical (unpaired) electrons. The van der Waals surface area contributed by atoms with E-state index in [4.69, 9.17) is 9.15 Å². The zero-order chi connectivity index (χ0) is 11.5. The van der Waals surface area contributed by atoms with Crippen LogP contribution < -0.4 is 4.74 Å². The Kier molecular flexibility index (Phi) is 3.57. The highest BCUT2D eigenvalue weighted by molar-refractivity contribution is 5.05. The minimum atomic E-state index is 0.329. The van der Waals surface area contributed by atoms with Crippen LogP contribution in [-0.2, 0) is 0 Å². The molecule has 90 valence electrons. The molecule has 2 heteroatoms. The van der Waals surface area contributed by atoms with Crippen molar-refractivity contribution in [1.82, 2.24) is 0 Å². The first kappa shape index (κ1) is 11.6. The third-order valence-corrected chi connectivity index (χ3v) is 3.72. The Labute approximate surface area is 98.0 Å². The molecule has 0 N–H and O–H groups in total. The van der Waals surface area contributed by atoms with Gasteiger partial charge < -0.3 is 9.15 Å². The van der Waals surface area contributed by atoms with Crippen LogP contribution in [0.4, 0.5) is 0 Å². The second-order valence-electron chi connectivity index (χ2n) is 5.41. The van der Waals surface area contributed by atoms with Gasteiger partial charge in [-0.2, -0.15) is 0 Å². The van der Waals surface area contributed by atoms with Crippen molar-refractivity contribution >= 4 is 0 Å². The third kappa shape index (κ3) is 2.60. The van der Waals surface area contributed by atoms with Crippen molar-refractivity contribution in [3.8, 4) is 5.95 Å². The predicted molar refractivity (Wildman–Crippen MR) is 64.5 cm³/mol. The van der Waals surface area contributed by atoms with Crippen molar-refractivity contribution in [1.29, 1.82) is 0 Å². The summed E-state index contributed by atoms with van der Waals surface area (Å²) in [6, 6.07) is 3.78. The van der Waals surface area contributed by atoms with Crippen LogP contribution in [0.15, 0.2) is 22.8 Å². The summed E-state index contributed by atoms with van der Waals surface area (Å²) in [6.45, 7) is 6.90. The predicted octanol–water partition coefficient (Wildman–Crippen LogP) is 4.12. The second-order valence-corrected chi connectivity index (χ2v) is 5.41. The van der Waals surface area contributed by atoms with Crippen LogP contribution in [-0.4, -0.2) is 6.10 Å². The molecule has 0 spiro atoms. The van der Waals surface area contributed by atoms with Gasteiger partial charge in [-0.05, 0) is 36.7 Å². The van der Waals surface area contributed by atoms with E-state index < -0.39 is 0 Å². The molecule has 1 aromatic heterocycles. The summed E-state index contributed by atoms with van der Waals surface area (Å²) in [4.78, 5) is 0. The van der Waals surface area contributed by atoms with Crippen molar-refractivity contribution < 1.29 is 9.15 Å². The average Bonchev–Trinajstić information content (AvgIpc) is 2.70. The first-order chi connectivity index (χ1) is 7.66. The number of rotatable bonds is 3. The maximum absolute atomic E-state index is 5.97. The molecule has 1 aliphatic rings. The van der Waals surface area contributed by atoms with Crippen LogP contribution in [0, 0.1) is 17.8 Å². The summed E-state index contributed by atoms with van der Waals surface area (Å²) >= 11 is 0. The first-order valence-electron chi connectivity index (χ1n) is 6.37. The highest BCUT2D eigenvalue weighted by atomic mass is 16.6. The van der Waals surface area contributed by atoms with Crippen LogP contribution in [0.1, 0.15) is 40.0 Å². The van der Waals surface area contributed by atoms with Crippen molar-refractivity contribution in [3.05, 3.63) is 18.4 Å². The molecule has 3 atom stereocenters. The number of furan rings is 1. The molecule has 16 heavy (non-hydrogen) atoms. The normalized spacial score (nSPS) is 30.6. The van der Waals surface area contributed by atoms with Crippen LogP contribution in [0.5, 0.6) is 5.95 Å². The van der Waals surface area contributed by atoms with Gasteiger partial charge in [0.25, 0.3) is 5.95 Å². The van der Waals surface area contributed by atoms with Crippen LogP contribution in [0.25, 0.3) is 0 Å². The average molecular weight is 222 g/mol. The fourth-order valence-corrected chi connectivity index (χ4v) is 2.73. The van der Waals surface area contributed by atoms with Gasteiger partial charge in [-0.15, -0.1) is 0 Å². The Bertz CT molecular complexity index is 303. The summed E-state index contributed by atoms with van der Waals surface area (Å²) in [5.74, 6) is 2.80. The quantitative estimate of drug-likeness (QED) is 0.767. The molecular formula is C14H22O2. The van der Waals surface area contributed by atoms with E-state index >= 15 is 0 Å².